The maximum atomic E-state index is 11.7. The molecule has 1 atom stereocenters. The molecule has 1 unspecified atom stereocenters. The van der Waals surface area contributed by atoms with E-state index in [0.717, 1.165) is 10.4 Å². The molecule has 0 aliphatic rings. The van der Waals surface area contributed by atoms with Crippen molar-refractivity contribution in [3.63, 3.8) is 0 Å². The molecule has 0 saturated carbocycles. The number of hydroxylamine groups is 1. The topological polar surface area (TPSA) is 49.3 Å². The minimum atomic E-state index is -0.327. The van der Waals surface area contributed by atoms with Crippen molar-refractivity contribution in [3.8, 4) is 0 Å². The zero-order valence-corrected chi connectivity index (χ0v) is 10.7. The van der Waals surface area contributed by atoms with E-state index in [9.17, 15) is 4.79 Å². The lowest BCUT2D eigenvalue weighted by Crippen LogP contribution is -2.30. The summed E-state index contributed by atoms with van der Waals surface area (Å²) in [6, 6.07) is 13.8. The highest BCUT2D eigenvalue weighted by molar-refractivity contribution is 7.09. The van der Waals surface area contributed by atoms with E-state index in [2.05, 4.69) is 0 Å². The Morgan fingerprint density at radius 1 is 1.17 bits per heavy atom. The largest absolute Gasteiger partial charge is 0.289 e. The normalized spacial score (nSPS) is 12.1. The van der Waals surface area contributed by atoms with Gasteiger partial charge < -0.3 is 0 Å². The van der Waals surface area contributed by atoms with Gasteiger partial charge in [0.1, 0.15) is 0 Å². The summed E-state index contributed by atoms with van der Waals surface area (Å²) < 4.78 is 0. The molecule has 0 aliphatic carbocycles. The molecule has 0 fully saturated rings. The molecule has 3 nitrogen and oxygen atoms in total. The van der Waals surface area contributed by atoms with E-state index < -0.39 is 0 Å². The Balaban J connectivity index is 2.08. The van der Waals surface area contributed by atoms with Crippen LogP contribution in [0.1, 0.15) is 10.4 Å². The molecule has 1 aromatic heterocycles. The van der Waals surface area contributed by atoms with Crippen LogP contribution >= 0.6 is 11.3 Å². The number of amides is 1. The van der Waals surface area contributed by atoms with Crippen LogP contribution in [0, 0.1) is 5.92 Å². The monoisotopic (exact) mass is 261 g/mol. The molecule has 2 aromatic rings. The van der Waals surface area contributed by atoms with Crippen LogP contribution < -0.4 is 5.48 Å². The SMILES string of the molecule is O=C(NO)C(Cc1ccccc1)Cc1cccs1. The van der Waals surface area contributed by atoms with E-state index in [1.807, 2.05) is 47.8 Å². The molecule has 2 N–H and O–H groups in total. The van der Waals surface area contributed by atoms with Crippen molar-refractivity contribution in [2.24, 2.45) is 5.92 Å². The van der Waals surface area contributed by atoms with E-state index in [0.29, 0.717) is 12.8 Å². The number of benzene rings is 1. The predicted molar refractivity (Wildman–Crippen MR) is 71.6 cm³/mol. The van der Waals surface area contributed by atoms with Gasteiger partial charge in [0.15, 0.2) is 0 Å². The number of thiophene rings is 1. The zero-order chi connectivity index (χ0) is 12.8. The van der Waals surface area contributed by atoms with Crippen LogP contribution in [0.15, 0.2) is 47.8 Å². The molecule has 1 amide bonds. The third-order valence-corrected chi connectivity index (χ3v) is 3.73. The average molecular weight is 261 g/mol. The maximum absolute atomic E-state index is 11.7. The molecule has 0 spiro atoms. The molecule has 2 rings (SSSR count). The fourth-order valence-electron chi connectivity index (χ4n) is 1.92. The Hall–Kier alpha value is -1.65. The third-order valence-electron chi connectivity index (χ3n) is 2.83. The van der Waals surface area contributed by atoms with Crippen molar-refractivity contribution in [2.45, 2.75) is 12.8 Å². The minimum Gasteiger partial charge on any atom is -0.289 e. The number of hydrogen-bond acceptors (Lipinski definition) is 3. The lowest BCUT2D eigenvalue weighted by molar-refractivity contribution is -0.133. The van der Waals surface area contributed by atoms with Crippen molar-refractivity contribution in [1.82, 2.24) is 5.48 Å². The lowest BCUT2D eigenvalue weighted by Gasteiger charge is -2.13. The molecule has 94 valence electrons. The lowest BCUT2D eigenvalue weighted by atomic mass is 9.95. The smallest absolute Gasteiger partial charge is 0.247 e. The summed E-state index contributed by atoms with van der Waals surface area (Å²) in [5.41, 5.74) is 2.86. The first kappa shape index (κ1) is 12.8. The Bertz CT molecular complexity index is 482. The van der Waals surface area contributed by atoms with Crippen molar-refractivity contribution in [1.29, 1.82) is 0 Å². The number of carbonyl (C=O) groups is 1. The second-order valence-electron chi connectivity index (χ2n) is 4.15. The Labute approximate surface area is 110 Å². The van der Waals surface area contributed by atoms with E-state index in [1.165, 1.54) is 0 Å². The van der Waals surface area contributed by atoms with Gasteiger partial charge in [-0.2, -0.15) is 0 Å². The summed E-state index contributed by atoms with van der Waals surface area (Å²) in [5.74, 6) is -0.566. The summed E-state index contributed by atoms with van der Waals surface area (Å²) in [6.07, 6.45) is 1.28. The van der Waals surface area contributed by atoms with Gasteiger partial charge in [-0.1, -0.05) is 36.4 Å². The van der Waals surface area contributed by atoms with Gasteiger partial charge in [-0.3, -0.25) is 10.0 Å². The van der Waals surface area contributed by atoms with Gasteiger partial charge in [0.05, 0.1) is 0 Å². The molecule has 0 bridgehead atoms. The van der Waals surface area contributed by atoms with Gasteiger partial charge >= 0.3 is 0 Å². The fraction of sp³-hybridized carbons (Fsp3) is 0.214. The number of carbonyl (C=O) groups excluding carboxylic acids is 1. The third kappa shape index (κ3) is 3.42. The summed E-state index contributed by atoms with van der Waals surface area (Å²) in [4.78, 5) is 12.8. The van der Waals surface area contributed by atoms with Crippen LogP contribution in [0.2, 0.25) is 0 Å². The zero-order valence-electron chi connectivity index (χ0n) is 9.87. The van der Waals surface area contributed by atoms with Gasteiger partial charge in [-0.25, -0.2) is 5.48 Å². The second kappa shape index (κ2) is 6.33. The van der Waals surface area contributed by atoms with Gasteiger partial charge in [0.2, 0.25) is 5.91 Å². The summed E-state index contributed by atoms with van der Waals surface area (Å²) in [7, 11) is 0. The van der Waals surface area contributed by atoms with Crippen LogP contribution in [0.25, 0.3) is 0 Å². The van der Waals surface area contributed by atoms with Gasteiger partial charge in [0, 0.05) is 10.8 Å². The Morgan fingerprint density at radius 3 is 2.56 bits per heavy atom. The van der Waals surface area contributed by atoms with Crippen molar-refractivity contribution >= 4 is 17.2 Å². The maximum Gasteiger partial charge on any atom is 0.247 e. The van der Waals surface area contributed by atoms with Crippen molar-refractivity contribution < 1.29 is 10.0 Å². The predicted octanol–water partition coefficient (Wildman–Crippen LogP) is 2.65. The van der Waals surface area contributed by atoms with Crippen molar-refractivity contribution in [2.75, 3.05) is 0 Å². The summed E-state index contributed by atoms with van der Waals surface area (Å²) in [5, 5.41) is 10.8. The molecule has 18 heavy (non-hydrogen) atoms. The highest BCUT2D eigenvalue weighted by Crippen LogP contribution is 2.18. The van der Waals surface area contributed by atoms with Gasteiger partial charge in [-0.15, -0.1) is 11.3 Å². The molecular weight excluding hydrogens is 246 g/mol. The minimum absolute atomic E-state index is 0.240. The molecule has 0 aliphatic heterocycles. The van der Waals surface area contributed by atoms with Gasteiger partial charge in [-0.05, 0) is 29.9 Å². The van der Waals surface area contributed by atoms with Crippen LogP contribution in [-0.2, 0) is 17.6 Å². The van der Waals surface area contributed by atoms with Crippen LogP contribution in [0.4, 0.5) is 0 Å². The standard InChI is InChI=1S/C14H15NO2S/c16-14(15-17)12(10-13-7-4-8-18-13)9-11-5-2-1-3-6-11/h1-8,12,17H,9-10H2,(H,15,16). The first-order valence-corrected chi connectivity index (χ1v) is 6.68. The first-order chi connectivity index (χ1) is 8.79. The van der Waals surface area contributed by atoms with E-state index in [4.69, 9.17) is 5.21 Å². The molecule has 1 heterocycles. The summed E-state index contributed by atoms with van der Waals surface area (Å²) >= 11 is 1.63. The number of nitrogens with one attached hydrogen (secondary N) is 1. The van der Waals surface area contributed by atoms with Crippen LogP contribution in [-0.4, -0.2) is 11.1 Å². The number of rotatable bonds is 5. The molecule has 4 heteroatoms. The molecular formula is C14H15NO2S. The second-order valence-corrected chi connectivity index (χ2v) is 5.18. The summed E-state index contributed by atoms with van der Waals surface area (Å²) in [6.45, 7) is 0. The number of hydrogen-bond donors (Lipinski definition) is 2. The van der Waals surface area contributed by atoms with Crippen LogP contribution in [0.3, 0.4) is 0 Å². The average Bonchev–Trinajstić information content (AvgIpc) is 2.91. The van der Waals surface area contributed by atoms with Crippen LogP contribution in [0.5, 0.6) is 0 Å². The van der Waals surface area contributed by atoms with E-state index in [1.54, 1.807) is 16.8 Å². The van der Waals surface area contributed by atoms with Crippen molar-refractivity contribution in [3.05, 3.63) is 58.3 Å². The quantitative estimate of drug-likeness (QED) is 0.642. The van der Waals surface area contributed by atoms with Gasteiger partial charge in [0.25, 0.3) is 0 Å². The first-order valence-electron chi connectivity index (χ1n) is 5.80. The Morgan fingerprint density at radius 2 is 1.94 bits per heavy atom. The highest BCUT2D eigenvalue weighted by Gasteiger charge is 2.19. The molecule has 1 aromatic carbocycles. The van der Waals surface area contributed by atoms with E-state index >= 15 is 0 Å². The fourth-order valence-corrected chi connectivity index (χ4v) is 2.71. The highest BCUT2D eigenvalue weighted by atomic mass is 32.1. The molecule has 0 saturated heterocycles. The Kier molecular flexibility index (Phi) is 4.50. The van der Waals surface area contributed by atoms with E-state index in [-0.39, 0.29) is 11.8 Å². The molecule has 0 radical (unpaired) electrons.